The third-order valence-electron chi connectivity index (χ3n) is 3.13. The Kier molecular flexibility index (Phi) is 1.57. The molecule has 10 heavy (non-hydrogen) atoms. The highest BCUT2D eigenvalue weighted by molar-refractivity contribution is 5.13. The number of likely N-dealkylation sites (N-methyl/N-ethyl adjacent to an activating group) is 1. The molecule has 0 saturated heterocycles. The third kappa shape index (κ3) is 0.956. The van der Waals surface area contributed by atoms with Gasteiger partial charge in [0.15, 0.2) is 0 Å². The molecular formula is C8H18N2. The Morgan fingerprint density at radius 3 is 1.80 bits per heavy atom. The van der Waals surface area contributed by atoms with Crippen molar-refractivity contribution in [1.29, 1.82) is 0 Å². The van der Waals surface area contributed by atoms with Gasteiger partial charge in [-0.25, -0.2) is 0 Å². The van der Waals surface area contributed by atoms with Crippen LogP contribution < -0.4 is 5.73 Å². The Bertz CT molecular complexity index is 134. The van der Waals surface area contributed by atoms with Crippen molar-refractivity contribution < 1.29 is 0 Å². The van der Waals surface area contributed by atoms with Gasteiger partial charge in [0.25, 0.3) is 0 Å². The average Bonchev–Trinajstić information content (AvgIpc) is 2.48. The van der Waals surface area contributed by atoms with Crippen molar-refractivity contribution in [2.24, 2.45) is 5.73 Å². The van der Waals surface area contributed by atoms with Crippen LogP contribution >= 0.6 is 0 Å². The van der Waals surface area contributed by atoms with E-state index in [-0.39, 0.29) is 11.1 Å². The van der Waals surface area contributed by atoms with E-state index in [1.165, 1.54) is 12.8 Å². The van der Waals surface area contributed by atoms with E-state index in [2.05, 4.69) is 32.8 Å². The lowest BCUT2D eigenvalue weighted by Gasteiger charge is -2.38. The summed E-state index contributed by atoms with van der Waals surface area (Å²) < 4.78 is 0. The predicted molar refractivity (Wildman–Crippen MR) is 43.9 cm³/mol. The summed E-state index contributed by atoms with van der Waals surface area (Å²) >= 11 is 0. The summed E-state index contributed by atoms with van der Waals surface area (Å²) in [5, 5.41) is 0. The lowest BCUT2D eigenvalue weighted by Crippen LogP contribution is -2.55. The summed E-state index contributed by atoms with van der Waals surface area (Å²) in [6, 6.07) is 0. The highest BCUT2D eigenvalue weighted by Gasteiger charge is 2.52. The normalized spacial score (nSPS) is 23.4. The van der Waals surface area contributed by atoms with Crippen LogP contribution in [-0.2, 0) is 0 Å². The van der Waals surface area contributed by atoms with Gasteiger partial charge in [-0.05, 0) is 40.8 Å². The Hall–Kier alpha value is -0.0800. The first-order valence-corrected chi connectivity index (χ1v) is 3.86. The minimum Gasteiger partial charge on any atom is -0.324 e. The van der Waals surface area contributed by atoms with E-state index >= 15 is 0 Å². The van der Waals surface area contributed by atoms with E-state index in [1.807, 2.05) is 0 Å². The van der Waals surface area contributed by atoms with Gasteiger partial charge < -0.3 is 10.6 Å². The molecule has 0 aliphatic heterocycles. The molecule has 0 bridgehead atoms. The predicted octanol–water partition coefficient (Wildman–Crippen LogP) is 0.818. The van der Waals surface area contributed by atoms with Gasteiger partial charge in [0.2, 0.25) is 0 Å². The van der Waals surface area contributed by atoms with Crippen LogP contribution in [-0.4, -0.2) is 30.1 Å². The minimum atomic E-state index is 0.0938. The lowest BCUT2D eigenvalue weighted by atomic mass is 9.91. The molecule has 1 rings (SSSR count). The average molecular weight is 142 g/mol. The molecular weight excluding hydrogens is 124 g/mol. The Balaban J connectivity index is 2.67. The molecule has 0 atom stereocenters. The standard InChI is InChI=1S/C8H18N2/c1-7(2,10(3)4)8(9)5-6-8/h5-6,9H2,1-4H3. The van der Waals surface area contributed by atoms with Crippen LogP contribution in [0.25, 0.3) is 0 Å². The van der Waals surface area contributed by atoms with Gasteiger partial charge in [-0.3, -0.25) is 0 Å². The molecule has 0 aromatic carbocycles. The molecule has 1 aliphatic carbocycles. The van der Waals surface area contributed by atoms with E-state index in [0.29, 0.717) is 0 Å². The summed E-state index contributed by atoms with van der Waals surface area (Å²) in [5.74, 6) is 0. The van der Waals surface area contributed by atoms with Gasteiger partial charge in [0.1, 0.15) is 0 Å². The summed E-state index contributed by atoms with van der Waals surface area (Å²) in [4.78, 5) is 2.21. The highest BCUT2D eigenvalue weighted by atomic mass is 15.2. The molecule has 0 unspecified atom stereocenters. The Labute approximate surface area is 63.4 Å². The maximum atomic E-state index is 6.08. The van der Waals surface area contributed by atoms with Crippen molar-refractivity contribution in [3.05, 3.63) is 0 Å². The first-order valence-electron chi connectivity index (χ1n) is 3.86. The SMILES string of the molecule is CN(C)C(C)(C)C1(N)CC1. The number of rotatable bonds is 2. The molecule has 2 heteroatoms. The molecule has 60 valence electrons. The maximum Gasteiger partial charge on any atom is 0.0336 e. The van der Waals surface area contributed by atoms with Gasteiger partial charge in [-0.2, -0.15) is 0 Å². The van der Waals surface area contributed by atoms with Crippen LogP contribution in [0.2, 0.25) is 0 Å². The summed E-state index contributed by atoms with van der Waals surface area (Å²) in [6.45, 7) is 4.42. The first-order chi connectivity index (χ1) is 4.40. The van der Waals surface area contributed by atoms with Crippen molar-refractivity contribution >= 4 is 0 Å². The van der Waals surface area contributed by atoms with Gasteiger partial charge in [0, 0.05) is 11.1 Å². The molecule has 0 spiro atoms. The summed E-state index contributed by atoms with van der Waals surface area (Å²) in [6.07, 6.45) is 2.36. The quantitative estimate of drug-likeness (QED) is 0.618. The second-order valence-electron chi connectivity index (χ2n) is 4.11. The molecule has 2 N–H and O–H groups in total. The molecule has 2 nitrogen and oxygen atoms in total. The monoisotopic (exact) mass is 142 g/mol. The topological polar surface area (TPSA) is 29.3 Å². The molecule has 0 heterocycles. The van der Waals surface area contributed by atoms with E-state index in [4.69, 9.17) is 5.73 Å². The second kappa shape index (κ2) is 1.95. The molecule has 0 amide bonds. The highest BCUT2D eigenvalue weighted by Crippen LogP contribution is 2.44. The summed E-state index contributed by atoms with van der Waals surface area (Å²) in [7, 11) is 4.18. The number of hydrogen-bond donors (Lipinski definition) is 1. The first kappa shape index (κ1) is 8.02. The smallest absolute Gasteiger partial charge is 0.0336 e. The fourth-order valence-electron chi connectivity index (χ4n) is 1.19. The van der Waals surface area contributed by atoms with Gasteiger partial charge in [-0.15, -0.1) is 0 Å². The summed E-state index contributed by atoms with van der Waals surface area (Å²) in [5.41, 5.74) is 6.34. The van der Waals surface area contributed by atoms with Crippen LogP contribution in [0.4, 0.5) is 0 Å². The zero-order valence-corrected chi connectivity index (χ0v) is 7.44. The molecule has 0 radical (unpaired) electrons. The zero-order valence-electron chi connectivity index (χ0n) is 7.44. The molecule has 1 aliphatic rings. The molecule has 0 aromatic heterocycles. The Morgan fingerprint density at radius 2 is 1.70 bits per heavy atom. The van der Waals surface area contributed by atoms with E-state index in [9.17, 15) is 0 Å². The van der Waals surface area contributed by atoms with Gasteiger partial charge in [0.05, 0.1) is 0 Å². The zero-order chi connectivity index (χ0) is 7.99. The second-order valence-corrected chi connectivity index (χ2v) is 4.11. The van der Waals surface area contributed by atoms with Crippen molar-refractivity contribution in [3.8, 4) is 0 Å². The van der Waals surface area contributed by atoms with E-state index < -0.39 is 0 Å². The van der Waals surface area contributed by atoms with Gasteiger partial charge in [-0.1, -0.05) is 0 Å². The molecule has 0 aromatic rings. The van der Waals surface area contributed by atoms with Crippen LogP contribution in [0, 0.1) is 0 Å². The van der Waals surface area contributed by atoms with E-state index in [0.717, 1.165) is 0 Å². The van der Waals surface area contributed by atoms with Crippen molar-refractivity contribution in [2.45, 2.75) is 37.8 Å². The molecule has 1 saturated carbocycles. The lowest BCUT2D eigenvalue weighted by molar-refractivity contribution is 0.146. The van der Waals surface area contributed by atoms with Crippen molar-refractivity contribution in [2.75, 3.05) is 14.1 Å². The van der Waals surface area contributed by atoms with Crippen LogP contribution in [0.15, 0.2) is 0 Å². The fraction of sp³-hybridized carbons (Fsp3) is 1.00. The van der Waals surface area contributed by atoms with E-state index in [1.54, 1.807) is 0 Å². The van der Waals surface area contributed by atoms with Crippen LogP contribution in [0.1, 0.15) is 26.7 Å². The third-order valence-corrected chi connectivity index (χ3v) is 3.13. The number of nitrogens with zero attached hydrogens (tertiary/aromatic N) is 1. The Morgan fingerprint density at radius 1 is 1.30 bits per heavy atom. The number of hydrogen-bond acceptors (Lipinski definition) is 2. The fourth-order valence-corrected chi connectivity index (χ4v) is 1.19. The molecule has 1 fully saturated rings. The maximum absolute atomic E-state index is 6.08. The minimum absolute atomic E-state index is 0.0938. The van der Waals surface area contributed by atoms with Gasteiger partial charge >= 0.3 is 0 Å². The van der Waals surface area contributed by atoms with Crippen molar-refractivity contribution in [1.82, 2.24) is 4.90 Å². The van der Waals surface area contributed by atoms with Crippen molar-refractivity contribution in [3.63, 3.8) is 0 Å². The number of nitrogens with two attached hydrogens (primary N) is 1. The van der Waals surface area contributed by atoms with Crippen LogP contribution in [0.5, 0.6) is 0 Å². The largest absolute Gasteiger partial charge is 0.324 e. The van der Waals surface area contributed by atoms with Crippen LogP contribution in [0.3, 0.4) is 0 Å².